The molecule has 1 aromatic carbocycles. The standard InChI is InChI=1S/C12H15ClO2/c1-2-9-6-10(8-11(13)7-9)4-3-5-12(14)15/h6-8H,2-5H2,1H3,(H,14,15). The molecule has 0 heterocycles. The van der Waals surface area contributed by atoms with Crippen molar-refractivity contribution in [2.24, 2.45) is 0 Å². The van der Waals surface area contributed by atoms with Crippen molar-refractivity contribution in [3.8, 4) is 0 Å². The van der Waals surface area contributed by atoms with Crippen molar-refractivity contribution in [1.29, 1.82) is 0 Å². The van der Waals surface area contributed by atoms with E-state index in [0.29, 0.717) is 6.42 Å². The van der Waals surface area contributed by atoms with E-state index >= 15 is 0 Å². The predicted octanol–water partition coefficient (Wildman–Crippen LogP) is 3.31. The molecule has 0 radical (unpaired) electrons. The van der Waals surface area contributed by atoms with E-state index in [2.05, 4.69) is 13.0 Å². The van der Waals surface area contributed by atoms with Crippen molar-refractivity contribution in [3.63, 3.8) is 0 Å². The first-order valence-corrected chi connectivity index (χ1v) is 5.49. The van der Waals surface area contributed by atoms with E-state index in [0.717, 1.165) is 23.4 Å². The topological polar surface area (TPSA) is 37.3 Å². The van der Waals surface area contributed by atoms with Crippen molar-refractivity contribution in [2.45, 2.75) is 32.6 Å². The summed E-state index contributed by atoms with van der Waals surface area (Å²) in [6.07, 6.45) is 2.61. The Kier molecular flexibility index (Phi) is 4.63. The van der Waals surface area contributed by atoms with Crippen LogP contribution in [0, 0.1) is 0 Å². The van der Waals surface area contributed by atoms with E-state index in [1.54, 1.807) is 0 Å². The highest BCUT2D eigenvalue weighted by atomic mass is 35.5. The molecular formula is C12H15ClO2. The Morgan fingerprint density at radius 3 is 2.60 bits per heavy atom. The summed E-state index contributed by atoms with van der Waals surface area (Å²) in [6.45, 7) is 2.08. The summed E-state index contributed by atoms with van der Waals surface area (Å²) in [5, 5.41) is 9.26. The fourth-order valence-corrected chi connectivity index (χ4v) is 1.79. The van der Waals surface area contributed by atoms with Crippen LogP contribution in [-0.4, -0.2) is 11.1 Å². The molecule has 0 bridgehead atoms. The van der Waals surface area contributed by atoms with E-state index in [9.17, 15) is 4.79 Å². The van der Waals surface area contributed by atoms with Gasteiger partial charge in [-0.25, -0.2) is 0 Å². The molecule has 0 amide bonds. The number of halogens is 1. The summed E-state index contributed by atoms with van der Waals surface area (Å²) in [7, 11) is 0. The van der Waals surface area contributed by atoms with Gasteiger partial charge < -0.3 is 5.11 Å². The predicted molar refractivity (Wildman–Crippen MR) is 61.4 cm³/mol. The molecule has 0 aliphatic carbocycles. The summed E-state index contributed by atoms with van der Waals surface area (Å²) in [4.78, 5) is 10.4. The molecule has 0 unspecified atom stereocenters. The molecule has 0 aliphatic rings. The number of aliphatic carboxylic acids is 1. The van der Waals surface area contributed by atoms with Crippen molar-refractivity contribution >= 4 is 17.6 Å². The highest BCUT2D eigenvalue weighted by Crippen LogP contribution is 2.17. The average Bonchev–Trinajstić information content (AvgIpc) is 2.16. The van der Waals surface area contributed by atoms with E-state index in [1.165, 1.54) is 5.56 Å². The first kappa shape index (κ1) is 12.1. The summed E-state index contributed by atoms with van der Waals surface area (Å²) >= 11 is 5.95. The molecule has 82 valence electrons. The lowest BCUT2D eigenvalue weighted by atomic mass is 10.0. The smallest absolute Gasteiger partial charge is 0.303 e. The van der Waals surface area contributed by atoms with Crippen molar-refractivity contribution in [3.05, 3.63) is 34.3 Å². The molecule has 0 spiro atoms. The van der Waals surface area contributed by atoms with Gasteiger partial charge in [-0.2, -0.15) is 0 Å². The van der Waals surface area contributed by atoms with Crippen LogP contribution < -0.4 is 0 Å². The average molecular weight is 227 g/mol. The van der Waals surface area contributed by atoms with Gasteiger partial charge in [-0.15, -0.1) is 0 Å². The molecule has 0 saturated carbocycles. The highest BCUT2D eigenvalue weighted by Gasteiger charge is 2.01. The minimum absolute atomic E-state index is 0.216. The molecular weight excluding hydrogens is 212 g/mol. The van der Waals surface area contributed by atoms with Crippen molar-refractivity contribution in [2.75, 3.05) is 0 Å². The Labute approximate surface area is 94.9 Å². The molecule has 2 nitrogen and oxygen atoms in total. The Bertz CT molecular complexity index is 347. The van der Waals surface area contributed by atoms with Gasteiger partial charge in [0.05, 0.1) is 0 Å². The summed E-state index contributed by atoms with van der Waals surface area (Å²) < 4.78 is 0. The van der Waals surface area contributed by atoms with Crippen LogP contribution in [0.25, 0.3) is 0 Å². The maximum atomic E-state index is 10.4. The second-order valence-electron chi connectivity index (χ2n) is 3.57. The van der Waals surface area contributed by atoms with E-state index in [-0.39, 0.29) is 6.42 Å². The van der Waals surface area contributed by atoms with Crippen LogP contribution in [0.3, 0.4) is 0 Å². The van der Waals surface area contributed by atoms with Gasteiger partial charge in [0, 0.05) is 11.4 Å². The highest BCUT2D eigenvalue weighted by molar-refractivity contribution is 6.30. The zero-order chi connectivity index (χ0) is 11.3. The van der Waals surface area contributed by atoms with Gasteiger partial charge in [0.1, 0.15) is 0 Å². The molecule has 0 aromatic heterocycles. The summed E-state index contributed by atoms with van der Waals surface area (Å²) in [5.41, 5.74) is 2.33. The van der Waals surface area contributed by atoms with Crippen LogP contribution in [0.15, 0.2) is 18.2 Å². The molecule has 3 heteroatoms. The third kappa shape index (κ3) is 4.34. The van der Waals surface area contributed by atoms with Crippen molar-refractivity contribution < 1.29 is 9.90 Å². The monoisotopic (exact) mass is 226 g/mol. The third-order valence-electron chi connectivity index (χ3n) is 2.28. The van der Waals surface area contributed by atoms with E-state index in [4.69, 9.17) is 16.7 Å². The van der Waals surface area contributed by atoms with Crippen LogP contribution in [-0.2, 0) is 17.6 Å². The minimum Gasteiger partial charge on any atom is -0.481 e. The molecule has 0 saturated heterocycles. The Morgan fingerprint density at radius 1 is 1.33 bits per heavy atom. The zero-order valence-electron chi connectivity index (χ0n) is 8.79. The number of carboxylic acid groups (broad SMARTS) is 1. The fraction of sp³-hybridized carbons (Fsp3) is 0.417. The molecule has 15 heavy (non-hydrogen) atoms. The quantitative estimate of drug-likeness (QED) is 0.837. The van der Waals surface area contributed by atoms with Gasteiger partial charge in [-0.05, 0) is 42.5 Å². The van der Waals surface area contributed by atoms with Gasteiger partial charge in [-0.1, -0.05) is 24.6 Å². The maximum Gasteiger partial charge on any atom is 0.303 e. The lowest BCUT2D eigenvalue weighted by molar-refractivity contribution is -0.137. The molecule has 0 fully saturated rings. The molecule has 0 aliphatic heterocycles. The molecule has 1 rings (SSSR count). The van der Waals surface area contributed by atoms with Crippen LogP contribution in [0.4, 0.5) is 0 Å². The van der Waals surface area contributed by atoms with E-state index in [1.807, 2.05) is 12.1 Å². The number of carbonyl (C=O) groups is 1. The number of benzene rings is 1. The maximum absolute atomic E-state index is 10.4. The van der Waals surface area contributed by atoms with Gasteiger partial charge in [0.2, 0.25) is 0 Å². The zero-order valence-corrected chi connectivity index (χ0v) is 9.55. The number of aryl methyl sites for hydroxylation is 2. The lowest BCUT2D eigenvalue weighted by Gasteiger charge is -2.04. The first-order chi connectivity index (χ1) is 7.11. The number of hydrogen-bond acceptors (Lipinski definition) is 1. The van der Waals surface area contributed by atoms with Gasteiger partial charge in [0.25, 0.3) is 0 Å². The largest absolute Gasteiger partial charge is 0.481 e. The van der Waals surface area contributed by atoms with Gasteiger partial charge in [0.15, 0.2) is 0 Å². The molecule has 0 atom stereocenters. The number of rotatable bonds is 5. The van der Waals surface area contributed by atoms with Crippen molar-refractivity contribution in [1.82, 2.24) is 0 Å². The Hall–Kier alpha value is -1.02. The first-order valence-electron chi connectivity index (χ1n) is 5.12. The minimum atomic E-state index is -0.743. The second-order valence-corrected chi connectivity index (χ2v) is 4.01. The molecule has 1 N–H and O–H groups in total. The van der Waals surface area contributed by atoms with Crippen LogP contribution in [0.2, 0.25) is 5.02 Å². The van der Waals surface area contributed by atoms with E-state index < -0.39 is 5.97 Å². The summed E-state index contributed by atoms with van der Waals surface area (Å²) in [5.74, 6) is -0.743. The van der Waals surface area contributed by atoms with Crippen LogP contribution in [0.5, 0.6) is 0 Å². The third-order valence-corrected chi connectivity index (χ3v) is 2.50. The lowest BCUT2D eigenvalue weighted by Crippen LogP contribution is -1.96. The SMILES string of the molecule is CCc1cc(Cl)cc(CCCC(=O)O)c1. The fourth-order valence-electron chi connectivity index (χ4n) is 1.51. The van der Waals surface area contributed by atoms with Crippen LogP contribution >= 0.6 is 11.6 Å². The van der Waals surface area contributed by atoms with Gasteiger partial charge >= 0.3 is 5.97 Å². The Morgan fingerprint density at radius 2 is 2.00 bits per heavy atom. The number of carboxylic acids is 1. The summed E-state index contributed by atoms with van der Waals surface area (Å²) in [6, 6.07) is 5.94. The Balaban J connectivity index is 2.60. The second kappa shape index (κ2) is 5.76. The van der Waals surface area contributed by atoms with Gasteiger partial charge in [-0.3, -0.25) is 4.79 Å². The van der Waals surface area contributed by atoms with Crippen LogP contribution in [0.1, 0.15) is 30.9 Å². The molecule has 1 aromatic rings. The number of hydrogen-bond donors (Lipinski definition) is 1. The normalized spacial score (nSPS) is 10.3.